The van der Waals surface area contributed by atoms with Crippen LogP contribution in [-0.2, 0) is 24.3 Å². The zero-order chi connectivity index (χ0) is 15.5. The van der Waals surface area contributed by atoms with Crippen LogP contribution in [0, 0.1) is 0 Å². The number of anilines is 1. The van der Waals surface area contributed by atoms with E-state index in [0.29, 0.717) is 13.2 Å². The van der Waals surface area contributed by atoms with Crippen LogP contribution in [0.25, 0.3) is 0 Å². The second-order valence-corrected chi connectivity index (χ2v) is 7.34. The minimum Gasteiger partial charge on any atom is -0.375 e. The lowest BCUT2D eigenvalue weighted by Gasteiger charge is -2.24. The Kier molecular flexibility index (Phi) is 4.52. The summed E-state index contributed by atoms with van der Waals surface area (Å²) in [5.41, 5.74) is 1.19. The van der Waals surface area contributed by atoms with Gasteiger partial charge in [0, 0.05) is 19.5 Å². The Balaban J connectivity index is 1.51. The molecule has 0 amide bonds. The van der Waals surface area contributed by atoms with Gasteiger partial charge in [-0.1, -0.05) is 24.4 Å². The van der Waals surface area contributed by atoms with Gasteiger partial charge in [-0.25, -0.2) is 9.67 Å². The first-order valence-electron chi connectivity index (χ1n) is 8.46. The number of thiazole rings is 1. The lowest BCUT2D eigenvalue weighted by Crippen LogP contribution is -2.30. The van der Waals surface area contributed by atoms with Gasteiger partial charge in [-0.05, 0) is 23.3 Å². The topological polar surface area (TPSA) is 69.0 Å². The van der Waals surface area contributed by atoms with Crippen LogP contribution in [-0.4, -0.2) is 44.9 Å². The fourth-order valence-electron chi connectivity index (χ4n) is 3.25. The third kappa shape index (κ3) is 3.37. The van der Waals surface area contributed by atoms with Gasteiger partial charge in [-0.2, -0.15) is 0 Å². The molecule has 0 atom stereocenters. The molecule has 0 aromatic carbocycles. The lowest BCUT2D eigenvalue weighted by molar-refractivity contribution is 0.112. The number of tetrazole rings is 1. The van der Waals surface area contributed by atoms with Crippen molar-refractivity contribution >= 4 is 17.3 Å². The molecule has 0 aliphatic carbocycles. The average Bonchev–Trinajstić information content (AvgIpc) is 3.13. The predicted octanol–water partition coefficient (Wildman–Crippen LogP) is 2.02. The van der Waals surface area contributed by atoms with E-state index in [1.54, 1.807) is 11.3 Å². The molecule has 2 aromatic heterocycles. The van der Waals surface area contributed by atoms with Crippen LogP contribution in [0.4, 0.5) is 5.95 Å². The van der Waals surface area contributed by atoms with Crippen molar-refractivity contribution in [2.45, 2.75) is 51.7 Å². The molecule has 0 saturated carbocycles. The fourth-order valence-corrected chi connectivity index (χ4v) is 4.29. The highest BCUT2D eigenvalue weighted by molar-refractivity contribution is 7.11. The van der Waals surface area contributed by atoms with E-state index in [0.717, 1.165) is 37.1 Å². The highest BCUT2D eigenvalue weighted by atomic mass is 32.1. The van der Waals surface area contributed by atoms with Gasteiger partial charge >= 0.3 is 0 Å². The first kappa shape index (κ1) is 15.0. The van der Waals surface area contributed by atoms with Crippen molar-refractivity contribution in [2.24, 2.45) is 0 Å². The van der Waals surface area contributed by atoms with Gasteiger partial charge in [0.1, 0.15) is 5.01 Å². The first-order valence-corrected chi connectivity index (χ1v) is 9.28. The molecular formula is C15H22N6OS. The third-order valence-electron chi connectivity index (χ3n) is 4.48. The molecule has 124 valence electrons. The maximum absolute atomic E-state index is 5.50. The molecule has 4 rings (SSSR count). The Morgan fingerprint density at radius 3 is 2.74 bits per heavy atom. The number of aromatic nitrogens is 5. The molecule has 0 bridgehead atoms. The summed E-state index contributed by atoms with van der Waals surface area (Å²) in [4.78, 5) is 8.33. The normalized spacial score (nSPS) is 19.2. The zero-order valence-electron chi connectivity index (χ0n) is 13.3. The molecule has 23 heavy (non-hydrogen) atoms. The Morgan fingerprint density at radius 1 is 1.09 bits per heavy atom. The molecule has 2 aliphatic rings. The smallest absolute Gasteiger partial charge is 0.245 e. The number of ether oxygens (including phenoxy) is 1. The zero-order valence-corrected chi connectivity index (χ0v) is 14.1. The van der Waals surface area contributed by atoms with Crippen molar-refractivity contribution in [3.63, 3.8) is 0 Å². The molecule has 0 spiro atoms. The maximum atomic E-state index is 5.50. The Bertz CT molecular complexity index is 623. The van der Waals surface area contributed by atoms with E-state index in [4.69, 9.17) is 9.72 Å². The van der Waals surface area contributed by atoms with E-state index >= 15 is 0 Å². The van der Waals surface area contributed by atoms with Gasteiger partial charge in [0.15, 0.2) is 0 Å². The van der Waals surface area contributed by atoms with E-state index in [9.17, 15) is 0 Å². The van der Waals surface area contributed by atoms with Gasteiger partial charge in [-0.15, -0.1) is 11.3 Å². The summed E-state index contributed by atoms with van der Waals surface area (Å²) in [7, 11) is 0. The van der Waals surface area contributed by atoms with Crippen molar-refractivity contribution in [3.8, 4) is 0 Å². The van der Waals surface area contributed by atoms with Crippen molar-refractivity contribution in [2.75, 3.05) is 24.6 Å². The van der Waals surface area contributed by atoms with Crippen LogP contribution in [0.3, 0.4) is 0 Å². The van der Waals surface area contributed by atoms with Gasteiger partial charge in [0.25, 0.3) is 0 Å². The van der Waals surface area contributed by atoms with Gasteiger partial charge in [0.05, 0.1) is 30.3 Å². The minimum atomic E-state index is 0.649. The summed E-state index contributed by atoms with van der Waals surface area (Å²) in [5.74, 6) is 0.885. The summed E-state index contributed by atoms with van der Waals surface area (Å²) >= 11 is 1.73. The van der Waals surface area contributed by atoms with E-state index < -0.39 is 0 Å². The second-order valence-electron chi connectivity index (χ2n) is 6.17. The van der Waals surface area contributed by atoms with Crippen LogP contribution >= 0.6 is 11.3 Å². The summed E-state index contributed by atoms with van der Waals surface area (Å²) < 4.78 is 7.40. The Morgan fingerprint density at radius 2 is 1.91 bits per heavy atom. The van der Waals surface area contributed by atoms with Gasteiger partial charge in [-0.3, -0.25) is 0 Å². The first-order chi connectivity index (χ1) is 11.4. The molecule has 1 saturated heterocycles. The van der Waals surface area contributed by atoms with Crippen molar-refractivity contribution in [1.29, 1.82) is 0 Å². The molecule has 7 nitrogen and oxygen atoms in total. The second kappa shape index (κ2) is 6.92. The third-order valence-corrected chi connectivity index (χ3v) is 5.53. The molecule has 2 aliphatic heterocycles. The number of rotatable bonds is 3. The molecule has 2 aromatic rings. The molecule has 0 N–H and O–H groups in total. The summed E-state index contributed by atoms with van der Waals surface area (Å²) in [6, 6.07) is 0. The minimum absolute atomic E-state index is 0.649. The number of fused-ring (bicyclic) bond motifs is 1. The van der Waals surface area contributed by atoms with E-state index in [2.05, 4.69) is 20.4 Å². The van der Waals surface area contributed by atoms with Gasteiger partial charge < -0.3 is 9.64 Å². The SMILES string of the molecule is C1CCCN(c2nnnn2Cc2nc3c(s2)COCC3)CCC1. The van der Waals surface area contributed by atoms with E-state index in [1.165, 1.54) is 42.7 Å². The van der Waals surface area contributed by atoms with Crippen LogP contribution in [0.2, 0.25) is 0 Å². The van der Waals surface area contributed by atoms with Crippen LogP contribution in [0.1, 0.15) is 47.7 Å². The molecule has 4 heterocycles. The van der Waals surface area contributed by atoms with E-state index in [1.807, 2.05) is 4.68 Å². The van der Waals surface area contributed by atoms with Crippen molar-refractivity contribution in [1.82, 2.24) is 25.2 Å². The molecular weight excluding hydrogens is 312 g/mol. The molecule has 0 radical (unpaired) electrons. The summed E-state index contributed by atoms with van der Waals surface area (Å²) in [6.45, 7) is 4.21. The Labute approximate surface area is 139 Å². The van der Waals surface area contributed by atoms with Crippen LogP contribution in [0.5, 0.6) is 0 Å². The summed E-state index contributed by atoms with van der Waals surface area (Å²) in [5, 5.41) is 13.4. The highest BCUT2D eigenvalue weighted by Crippen LogP contribution is 2.25. The highest BCUT2D eigenvalue weighted by Gasteiger charge is 2.19. The number of hydrogen-bond acceptors (Lipinski definition) is 7. The average molecular weight is 334 g/mol. The van der Waals surface area contributed by atoms with Crippen LogP contribution in [0.15, 0.2) is 0 Å². The quantitative estimate of drug-likeness (QED) is 0.855. The van der Waals surface area contributed by atoms with Gasteiger partial charge in [0.2, 0.25) is 5.95 Å². The number of nitrogens with zero attached hydrogens (tertiary/aromatic N) is 6. The summed E-state index contributed by atoms with van der Waals surface area (Å²) in [6.07, 6.45) is 7.31. The van der Waals surface area contributed by atoms with Crippen molar-refractivity contribution < 1.29 is 4.74 Å². The lowest BCUT2D eigenvalue weighted by atomic mass is 10.1. The molecule has 8 heteroatoms. The maximum Gasteiger partial charge on any atom is 0.245 e. The standard InChI is InChI=1S/C15H22N6OS/c1-2-4-7-20(8-5-3-1)15-17-18-19-21(15)10-14-16-12-6-9-22-11-13(12)23-14/h1-11H2. The monoisotopic (exact) mass is 334 g/mol. The largest absolute Gasteiger partial charge is 0.375 e. The fraction of sp³-hybridized carbons (Fsp3) is 0.733. The van der Waals surface area contributed by atoms with Crippen LogP contribution < -0.4 is 4.90 Å². The molecule has 0 unspecified atom stereocenters. The number of hydrogen-bond donors (Lipinski definition) is 0. The van der Waals surface area contributed by atoms with Crippen molar-refractivity contribution in [3.05, 3.63) is 15.6 Å². The van der Waals surface area contributed by atoms with E-state index in [-0.39, 0.29) is 0 Å². The predicted molar refractivity (Wildman–Crippen MR) is 87.7 cm³/mol. The molecule has 1 fully saturated rings. The Hall–Kier alpha value is -1.54.